The van der Waals surface area contributed by atoms with Gasteiger partial charge >= 0.3 is 44.4 Å². The molecule has 0 aromatic heterocycles. The Morgan fingerprint density at radius 3 is 0.565 bits per heavy atom. The minimum absolute atomic E-state index is 0.213. The molecule has 3 nitrogen and oxygen atoms in total. The fourth-order valence-electron chi connectivity index (χ4n) is 3.39. The molecule has 0 aliphatic heterocycles. The SMILES string of the molecule is FC(F)(F)c1cc(OB(Oc2cc(C(F)(F)F)cc(C(F)(F)F)c2)Oc2cc(C(F)(F)F)cc(C(F)(F)F)c2)cc(C(F)(F)F)c1. The minimum Gasteiger partial charge on any atom is -0.490 e. The van der Waals surface area contributed by atoms with Crippen molar-refractivity contribution in [3.8, 4) is 17.2 Å². The van der Waals surface area contributed by atoms with Crippen molar-refractivity contribution >= 4 is 7.32 Å². The fraction of sp³-hybridized carbons (Fsp3) is 0.250. The zero-order chi connectivity index (χ0) is 35.3. The van der Waals surface area contributed by atoms with Gasteiger partial charge in [0.2, 0.25) is 0 Å². The normalized spacial score (nSPS) is 13.4. The van der Waals surface area contributed by atoms with Crippen LogP contribution >= 0.6 is 0 Å². The molecule has 0 bridgehead atoms. The summed E-state index contributed by atoms with van der Waals surface area (Å²) in [6.07, 6.45) is -33.3. The Bertz CT molecular complexity index is 1270. The predicted octanol–water partition coefficient (Wildman–Crippen LogP) is 10.3. The van der Waals surface area contributed by atoms with Gasteiger partial charge in [0, 0.05) is 0 Å². The molecule has 0 saturated carbocycles. The van der Waals surface area contributed by atoms with Gasteiger partial charge in [-0.05, 0) is 54.6 Å². The van der Waals surface area contributed by atoms with Crippen molar-refractivity contribution in [2.24, 2.45) is 0 Å². The molecule has 0 spiro atoms. The van der Waals surface area contributed by atoms with Crippen LogP contribution in [0.25, 0.3) is 0 Å². The molecule has 0 unspecified atom stereocenters. The van der Waals surface area contributed by atoms with Gasteiger partial charge in [-0.1, -0.05) is 0 Å². The van der Waals surface area contributed by atoms with E-state index in [4.69, 9.17) is 0 Å². The highest BCUT2D eigenvalue weighted by molar-refractivity contribution is 6.39. The van der Waals surface area contributed by atoms with Crippen LogP contribution in [0.3, 0.4) is 0 Å². The second-order valence-corrected chi connectivity index (χ2v) is 8.87. The maximum Gasteiger partial charge on any atom is 0.864 e. The van der Waals surface area contributed by atoms with Crippen molar-refractivity contribution in [2.45, 2.75) is 37.1 Å². The summed E-state index contributed by atoms with van der Waals surface area (Å²) in [6, 6.07) is -2.63. The molecule has 0 aliphatic carbocycles. The first-order chi connectivity index (χ1) is 20.5. The van der Waals surface area contributed by atoms with E-state index in [1.807, 2.05) is 0 Å². The summed E-state index contributed by atoms with van der Waals surface area (Å²) in [6.45, 7) is 0. The lowest BCUT2D eigenvalue weighted by Crippen LogP contribution is -2.37. The molecule has 0 fully saturated rings. The highest BCUT2D eigenvalue weighted by Crippen LogP contribution is 2.42. The molecule has 0 amide bonds. The number of rotatable bonds is 6. The third-order valence-corrected chi connectivity index (χ3v) is 5.38. The molecule has 22 heteroatoms. The Kier molecular flexibility index (Phi) is 9.40. The summed E-state index contributed by atoms with van der Waals surface area (Å²) < 4.78 is 253. The van der Waals surface area contributed by atoms with Crippen LogP contribution in [0.2, 0.25) is 0 Å². The topological polar surface area (TPSA) is 27.7 Å². The van der Waals surface area contributed by atoms with Gasteiger partial charge in [-0.2, -0.15) is 79.0 Å². The van der Waals surface area contributed by atoms with Gasteiger partial charge in [0.15, 0.2) is 0 Å². The van der Waals surface area contributed by atoms with Gasteiger partial charge in [0.25, 0.3) is 0 Å². The smallest absolute Gasteiger partial charge is 0.490 e. The van der Waals surface area contributed by atoms with Crippen molar-refractivity contribution in [1.82, 2.24) is 0 Å². The van der Waals surface area contributed by atoms with E-state index in [1.54, 1.807) is 0 Å². The number of benzene rings is 3. The van der Waals surface area contributed by atoms with E-state index in [0.29, 0.717) is 0 Å². The molecule has 0 radical (unpaired) electrons. The van der Waals surface area contributed by atoms with E-state index in [-0.39, 0.29) is 36.4 Å². The second kappa shape index (κ2) is 11.9. The van der Waals surface area contributed by atoms with Crippen molar-refractivity contribution < 1.29 is 93.0 Å². The highest BCUT2D eigenvalue weighted by atomic mass is 19.4. The van der Waals surface area contributed by atoms with Gasteiger partial charge in [0.05, 0.1) is 33.4 Å². The molecule has 0 saturated heterocycles. The molecule has 3 aromatic rings. The monoisotopic (exact) mass is 698 g/mol. The Hall–Kier alpha value is -4.14. The Balaban J connectivity index is 2.23. The molecule has 3 rings (SSSR count). The molecule has 46 heavy (non-hydrogen) atoms. The summed E-state index contributed by atoms with van der Waals surface area (Å²) >= 11 is 0. The zero-order valence-corrected chi connectivity index (χ0v) is 21.3. The largest absolute Gasteiger partial charge is 0.864 e. The van der Waals surface area contributed by atoms with E-state index in [0.717, 1.165) is 0 Å². The standard InChI is InChI=1S/C24H9BF18O3/c26-19(27,28)10-1-11(20(29,30)31)5-16(4-10)44-25(45-17-6-12(21(32,33)34)2-13(7-17)22(35,36)37)46-18-8-14(23(38,39)40)3-15(9-18)24(41,42)43/h1-9H. The van der Waals surface area contributed by atoms with Crippen LogP contribution in [0.4, 0.5) is 79.0 Å². The average Bonchev–Trinajstić information content (AvgIpc) is 2.85. The van der Waals surface area contributed by atoms with E-state index in [2.05, 4.69) is 14.0 Å². The lowest BCUT2D eigenvalue weighted by Gasteiger charge is -2.21. The van der Waals surface area contributed by atoms with E-state index in [9.17, 15) is 79.0 Å². The van der Waals surface area contributed by atoms with Gasteiger partial charge in [0.1, 0.15) is 17.2 Å². The molecule has 0 heterocycles. The van der Waals surface area contributed by atoms with Crippen molar-refractivity contribution in [2.75, 3.05) is 0 Å². The van der Waals surface area contributed by atoms with Crippen molar-refractivity contribution in [3.05, 3.63) is 88.0 Å². The average molecular weight is 698 g/mol. The number of halogens is 18. The first kappa shape index (κ1) is 36.3. The summed E-state index contributed by atoms with van der Waals surface area (Å²) in [5.41, 5.74) is -12.6. The van der Waals surface area contributed by atoms with E-state index in [1.165, 1.54) is 0 Å². The third kappa shape index (κ3) is 9.44. The number of alkyl halides is 18. The van der Waals surface area contributed by atoms with Crippen LogP contribution in [0.15, 0.2) is 54.6 Å². The summed E-state index contributed by atoms with van der Waals surface area (Å²) in [5.74, 6) is -4.80. The fourth-order valence-corrected chi connectivity index (χ4v) is 3.39. The molecule has 0 N–H and O–H groups in total. The van der Waals surface area contributed by atoms with Crippen LogP contribution in [0, 0.1) is 0 Å². The molecular weight excluding hydrogens is 689 g/mol. The third-order valence-electron chi connectivity index (χ3n) is 5.38. The first-order valence-corrected chi connectivity index (χ1v) is 11.4. The maximum absolute atomic E-state index is 13.3. The van der Waals surface area contributed by atoms with E-state index >= 15 is 0 Å². The minimum atomic E-state index is -5.55. The van der Waals surface area contributed by atoms with E-state index < -0.39 is 113 Å². The van der Waals surface area contributed by atoms with Crippen LogP contribution in [-0.2, 0) is 37.1 Å². The van der Waals surface area contributed by atoms with Crippen molar-refractivity contribution in [1.29, 1.82) is 0 Å². The Labute approximate surface area is 243 Å². The summed E-state index contributed by atoms with van der Waals surface area (Å²) in [5, 5.41) is 0. The molecule has 0 atom stereocenters. The van der Waals surface area contributed by atoms with Gasteiger partial charge in [-0.3, -0.25) is 0 Å². The van der Waals surface area contributed by atoms with Gasteiger partial charge in [-0.25, -0.2) is 0 Å². The number of hydrogen-bond acceptors (Lipinski definition) is 3. The Morgan fingerprint density at radius 2 is 0.435 bits per heavy atom. The second-order valence-electron chi connectivity index (χ2n) is 8.87. The quantitative estimate of drug-likeness (QED) is 0.190. The lowest BCUT2D eigenvalue weighted by molar-refractivity contribution is -0.144. The van der Waals surface area contributed by atoms with Gasteiger partial charge < -0.3 is 14.0 Å². The lowest BCUT2D eigenvalue weighted by atomic mass is 10.1. The first-order valence-electron chi connectivity index (χ1n) is 11.4. The molecule has 0 aliphatic rings. The number of hydrogen-bond donors (Lipinski definition) is 0. The zero-order valence-electron chi connectivity index (χ0n) is 21.3. The maximum atomic E-state index is 13.3. The van der Waals surface area contributed by atoms with Crippen LogP contribution < -0.4 is 14.0 Å². The highest BCUT2D eigenvalue weighted by Gasteiger charge is 2.42. The Morgan fingerprint density at radius 1 is 0.283 bits per heavy atom. The predicted molar refractivity (Wildman–Crippen MR) is 117 cm³/mol. The van der Waals surface area contributed by atoms with Crippen LogP contribution in [0.5, 0.6) is 17.2 Å². The van der Waals surface area contributed by atoms with Gasteiger partial charge in [-0.15, -0.1) is 0 Å². The van der Waals surface area contributed by atoms with Crippen molar-refractivity contribution in [3.63, 3.8) is 0 Å². The molecular formula is C24H9BF18O3. The van der Waals surface area contributed by atoms with Crippen LogP contribution in [0.1, 0.15) is 33.4 Å². The summed E-state index contributed by atoms with van der Waals surface area (Å²) in [4.78, 5) is 0. The molecule has 252 valence electrons. The summed E-state index contributed by atoms with van der Waals surface area (Å²) in [7, 11) is -3.22. The molecule has 3 aromatic carbocycles. The van der Waals surface area contributed by atoms with Crippen LogP contribution in [-0.4, -0.2) is 7.32 Å².